The van der Waals surface area contributed by atoms with E-state index in [0.717, 1.165) is 5.76 Å². The van der Waals surface area contributed by atoms with Gasteiger partial charge in [-0.2, -0.15) is 0 Å². The standard InChI is InChI=1S/C12H22N2O2/c1-5-15-11(12(2,3)4)10(14-13)9-7-6-8-16-9/h6-8,10-11,14H,5,13H2,1-4H3. The smallest absolute Gasteiger partial charge is 0.124 e. The second-order valence-corrected chi connectivity index (χ2v) is 4.90. The molecule has 1 aromatic rings. The van der Waals surface area contributed by atoms with E-state index in [2.05, 4.69) is 26.2 Å². The minimum atomic E-state index is -0.130. The summed E-state index contributed by atoms with van der Waals surface area (Å²) in [6, 6.07) is 3.63. The molecule has 3 N–H and O–H groups in total. The monoisotopic (exact) mass is 226 g/mol. The van der Waals surface area contributed by atoms with Gasteiger partial charge in [0.05, 0.1) is 12.4 Å². The van der Waals surface area contributed by atoms with Crippen LogP contribution in [0.2, 0.25) is 0 Å². The van der Waals surface area contributed by atoms with E-state index in [1.807, 2.05) is 19.1 Å². The summed E-state index contributed by atoms with van der Waals surface area (Å²) in [5.41, 5.74) is 2.76. The van der Waals surface area contributed by atoms with Gasteiger partial charge in [0.2, 0.25) is 0 Å². The van der Waals surface area contributed by atoms with Crippen molar-refractivity contribution in [2.75, 3.05) is 6.61 Å². The Hall–Kier alpha value is -0.840. The molecule has 1 rings (SSSR count). The molecule has 0 radical (unpaired) electrons. The highest BCUT2D eigenvalue weighted by Crippen LogP contribution is 2.32. The molecule has 0 aliphatic carbocycles. The summed E-state index contributed by atoms with van der Waals surface area (Å²) in [5.74, 6) is 6.40. The van der Waals surface area contributed by atoms with Crippen molar-refractivity contribution in [3.05, 3.63) is 24.2 Å². The molecule has 0 aromatic carbocycles. The Morgan fingerprint density at radius 2 is 2.19 bits per heavy atom. The van der Waals surface area contributed by atoms with Crippen LogP contribution >= 0.6 is 0 Å². The van der Waals surface area contributed by atoms with Gasteiger partial charge in [-0.1, -0.05) is 20.8 Å². The lowest BCUT2D eigenvalue weighted by Gasteiger charge is -2.35. The average molecular weight is 226 g/mol. The minimum Gasteiger partial charge on any atom is -0.468 e. The second-order valence-electron chi connectivity index (χ2n) is 4.90. The van der Waals surface area contributed by atoms with Gasteiger partial charge >= 0.3 is 0 Å². The summed E-state index contributed by atoms with van der Waals surface area (Å²) in [6.07, 6.45) is 1.61. The van der Waals surface area contributed by atoms with Crippen LogP contribution in [0.1, 0.15) is 39.5 Å². The van der Waals surface area contributed by atoms with E-state index in [1.165, 1.54) is 0 Å². The number of furan rings is 1. The van der Waals surface area contributed by atoms with E-state index in [4.69, 9.17) is 15.0 Å². The SMILES string of the molecule is CCOC(C(NN)c1ccco1)C(C)(C)C. The highest BCUT2D eigenvalue weighted by Gasteiger charge is 2.34. The largest absolute Gasteiger partial charge is 0.468 e. The van der Waals surface area contributed by atoms with Crippen molar-refractivity contribution >= 4 is 0 Å². The fraction of sp³-hybridized carbons (Fsp3) is 0.667. The van der Waals surface area contributed by atoms with Crippen LogP contribution in [0.15, 0.2) is 22.8 Å². The van der Waals surface area contributed by atoms with Crippen molar-refractivity contribution in [2.45, 2.75) is 39.8 Å². The molecular formula is C12H22N2O2. The molecule has 0 fully saturated rings. The second kappa shape index (κ2) is 5.48. The maximum absolute atomic E-state index is 5.78. The molecule has 4 nitrogen and oxygen atoms in total. The quantitative estimate of drug-likeness (QED) is 0.597. The highest BCUT2D eigenvalue weighted by atomic mass is 16.5. The first kappa shape index (κ1) is 13.2. The molecule has 4 heteroatoms. The van der Waals surface area contributed by atoms with Crippen molar-refractivity contribution in [1.29, 1.82) is 0 Å². The number of rotatable bonds is 5. The first-order valence-corrected chi connectivity index (χ1v) is 5.61. The normalized spacial score (nSPS) is 16.1. The average Bonchev–Trinajstić information content (AvgIpc) is 2.69. The van der Waals surface area contributed by atoms with Crippen LogP contribution in [0, 0.1) is 5.41 Å². The predicted molar refractivity (Wildman–Crippen MR) is 63.6 cm³/mol. The molecule has 0 saturated carbocycles. The zero-order valence-corrected chi connectivity index (χ0v) is 10.5. The molecule has 16 heavy (non-hydrogen) atoms. The Labute approximate surface area is 97.1 Å². The summed E-state index contributed by atoms with van der Waals surface area (Å²) < 4.78 is 11.2. The van der Waals surface area contributed by atoms with Crippen LogP contribution in [0.25, 0.3) is 0 Å². The van der Waals surface area contributed by atoms with Crippen molar-refractivity contribution in [3.63, 3.8) is 0 Å². The Morgan fingerprint density at radius 1 is 1.50 bits per heavy atom. The van der Waals surface area contributed by atoms with Gasteiger partial charge in [-0.3, -0.25) is 5.84 Å². The number of nitrogens with two attached hydrogens (primary N) is 1. The Morgan fingerprint density at radius 3 is 2.56 bits per heavy atom. The first-order chi connectivity index (χ1) is 7.50. The minimum absolute atomic E-state index is 0.0141. The predicted octanol–water partition coefficient (Wildman–Crippen LogP) is 2.24. The molecule has 1 heterocycles. The third-order valence-electron chi connectivity index (χ3n) is 2.53. The maximum atomic E-state index is 5.78. The van der Waals surface area contributed by atoms with E-state index in [0.29, 0.717) is 6.61 Å². The zero-order chi connectivity index (χ0) is 12.2. The molecular weight excluding hydrogens is 204 g/mol. The van der Waals surface area contributed by atoms with Crippen LogP contribution in [0.4, 0.5) is 0 Å². The van der Waals surface area contributed by atoms with E-state index < -0.39 is 0 Å². The van der Waals surface area contributed by atoms with E-state index in [1.54, 1.807) is 6.26 Å². The van der Waals surface area contributed by atoms with Gasteiger partial charge in [-0.05, 0) is 24.5 Å². The number of hydrogen-bond acceptors (Lipinski definition) is 4. The van der Waals surface area contributed by atoms with E-state index in [-0.39, 0.29) is 17.6 Å². The third kappa shape index (κ3) is 3.07. The molecule has 2 atom stereocenters. The lowest BCUT2D eigenvalue weighted by Crippen LogP contribution is -2.44. The van der Waals surface area contributed by atoms with Crippen LogP contribution in [-0.2, 0) is 4.74 Å². The van der Waals surface area contributed by atoms with Crippen molar-refractivity contribution in [3.8, 4) is 0 Å². The molecule has 2 unspecified atom stereocenters. The summed E-state index contributed by atoms with van der Waals surface area (Å²) >= 11 is 0. The Bertz CT molecular complexity index is 290. The van der Waals surface area contributed by atoms with Crippen molar-refractivity contribution in [2.24, 2.45) is 11.3 Å². The maximum Gasteiger partial charge on any atom is 0.124 e. The van der Waals surface area contributed by atoms with E-state index in [9.17, 15) is 0 Å². The van der Waals surface area contributed by atoms with Gasteiger partial charge in [0.1, 0.15) is 11.8 Å². The van der Waals surface area contributed by atoms with Crippen LogP contribution in [0.5, 0.6) is 0 Å². The van der Waals surface area contributed by atoms with Gasteiger partial charge in [-0.15, -0.1) is 0 Å². The van der Waals surface area contributed by atoms with Gasteiger partial charge in [0.15, 0.2) is 0 Å². The van der Waals surface area contributed by atoms with Crippen LogP contribution in [-0.4, -0.2) is 12.7 Å². The Balaban J connectivity index is 2.90. The fourth-order valence-electron chi connectivity index (χ4n) is 1.81. The number of hydrazine groups is 1. The van der Waals surface area contributed by atoms with Gasteiger partial charge in [0.25, 0.3) is 0 Å². The van der Waals surface area contributed by atoms with E-state index >= 15 is 0 Å². The molecule has 0 amide bonds. The molecule has 0 aliphatic heterocycles. The summed E-state index contributed by atoms with van der Waals surface area (Å²) in [4.78, 5) is 0. The molecule has 1 aromatic heterocycles. The first-order valence-electron chi connectivity index (χ1n) is 5.61. The molecule has 0 aliphatic rings. The number of nitrogens with one attached hydrogen (secondary N) is 1. The molecule has 0 spiro atoms. The van der Waals surface area contributed by atoms with Gasteiger partial charge in [-0.25, -0.2) is 5.43 Å². The zero-order valence-electron chi connectivity index (χ0n) is 10.5. The highest BCUT2D eigenvalue weighted by molar-refractivity contribution is 5.08. The van der Waals surface area contributed by atoms with Crippen molar-refractivity contribution in [1.82, 2.24) is 5.43 Å². The lowest BCUT2D eigenvalue weighted by molar-refractivity contribution is -0.0409. The molecule has 92 valence electrons. The topological polar surface area (TPSA) is 60.4 Å². The number of ether oxygens (including phenoxy) is 1. The summed E-state index contributed by atoms with van der Waals surface area (Å²) in [5, 5.41) is 0. The number of hydrogen-bond donors (Lipinski definition) is 2. The Kier molecular flexibility index (Phi) is 4.53. The fourth-order valence-corrected chi connectivity index (χ4v) is 1.81. The van der Waals surface area contributed by atoms with Crippen LogP contribution in [0.3, 0.4) is 0 Å². The van der Waals surface area contributed by atoms with Crippen LogP contribution < -0.4 is 11.3 Å². The van der Waals surface area contributed by atoms with Crippen molar-refractivity contribution < 1.29 is 9.15 Å². The van der Waals surface area contributed by atoms with Gasteiger partial charge in [0, 0.05) is 6.61 Å². The molecule has 0 bridgehead atoms. The molecule has 0 saturated heterocycles. The summed E-state index contributed by atoms with van der Waals surface area (Å²) in [6.45, 7) is 9.01. The summed E-state index contributed by atoms with van der Waals surface area (Å²) in [7, 11) is 0. The van der Waals surface area contributed by atoms with Gasteiger partial charge < -0.3 is 9.15 Å². The lowest BCUT2D eigenvalue weighted by atomic mass is 9.84. The third-order valence-corrected chi connectivity index (χ3v) is 2.53.